The van der Waals surface area contributed by atoms with Gasteiger partial charge in [0.2, 0.25) is 0 Å². The number of esters is 1. The fourth-order valence-corrected chi connectivity index (χ4v) is 1.78. The van der Waals surface area contributed by atoms with Gasteiger partial charge in [-0.1, -0.05) is 36.8 Å². The Morgan fingerprint density at radius 3 is 2.62 bits per heavy atom. The van der Waals surface area contributed by atoms with Gasteiger partial charge in [-0.15, -0.1) is 0 Å². The summed E-state index contributed by atoms with van der Waals surface area (Å²) >= 11 is 0. The summed E-state index contributed by atoms with van der Waals surface area (Å²) in [7, 11) is 0. The van der Waals surface area contributed by atoms with Crippen LogP contribution in [-0.4, -0.2) is 12.0 Å². The molecule has 0 bridgehead atoms. The lowest BCUT2D eigenvalue weighted by Gasteiger charge is -2.28. The Kier molecular flexibility index (Phi) is 3.57. The molecule has 3 nitrogen and oxygen atoms in total. The Balaban J connectivity index is 1.79. The highest BCUT2D eigenvalue weighted by Crippen LogP contribution is 2.29. The quantitative estimate of drug-likeness (QED) is 0.727. The van der Waals surface area contributed by atoms with E-state index in [2.05, 4.69) is 0 Å². The average Bonchev–Trinajstić information content (AvgIpc) is 2.25. The molecule has 0 aromatic heterocycles. The van der Waals surface area contributed by atoms with Crippen LogP contribution in [0, 0.1) is 5.92 Å². The summed E-state index contributed by atoms with van der Waals surface area (Å²) in [5, 5.41) is 0. The van der Waals surface area contributed by atoms with Gasteiger partial charge in [0, 0.05) is 0 Å². The minimum absolute atomic E-state index is 0.225. The zero-order valence-electron chi connectivity index (χ0n) is 9.19. The molecule has 1 aromatic rings. The molecule has 1 saturated carbocycles. The van der Waals surface area contributed by atoms with Gasteiger partial charge in [0.05, 0.1) is 0 Å². The Bertz CT molecular complexity index is 346. The third-order valence-corrected chi connectivity index (χ3v) is 3.10. The van der Waals surface area contributed by atoms with Gasteiger partial charge in [0.15, 0.2) is 0 Å². The molecule has 1 N–H and O–H groups in total. The first-order chi connectivity index (χ1) is 7.77. The van der Waals surface area contributed by atoms with Crippen molar-refractivity contribution in [3.05, 3.63) is 35.9 Å². The number of carbonyl (C=O) groups is 1. The van der Waals surface area contributed by atoms with Crippen LogP contribution in [-0.2, 0) is 16.1 Å². The number of benzene rings is 1. The van der Waals surface area contributed by atoms with Gasteiger partial charge >= 0.3 is 5.97 Å². The van der Waals surface area contributed by atoms with E-state index in [-0.39, 0.29) is 18.5 Å². The molecule has 0 saturated heterocycles. The van der Waals surface area contributed by atoms with Crippen molar-refractivity contribution in [2.75, 3.05) is 0 Å². The lowest BCUT2D eigenvalue weighted by atomic mass is 9.80. The summed E-state index contributed by atoms with van der Waals surface area (Å²) in [5.74, 6) is -0.156. The molecule has 1 aliphatic carbocycles. The van der Waals surface area contributed by atoms with Crippen molar-refractivity contribution < 1.29 is 9.53 Å². The Labute approximate surface area is 95.6 Å². The van der Waals surface area contributed by atoms with E-state index in [1.165, 1.54) is 0 Å². The van der Waals surface area contributed by atoms with E-state index in [0.717, 1.165) is 24.8 Å². The summed E-state index contributed by atoms with van der Waals surface area (Å²) in [4.78, 5) is 11.5. The third-order valence-electron chi connectivity index (χ3n) is 3.10. The monoisotopic (exact) mass is 218 g/mol. The van der Waals surface area contributed by atoms with E-state index in [1.54, 1.807) is 0 Å². The fraction of sp³-hybridized carbons (Fsp3) is 0.462. The third kappa shape index (κ3) is 2.61. The maximum absolute atomic E-state index is 11.5. The van der Waals surface area contributed by atoms with Crippen LogP contribution < -0.4 is 5.73 Å². The van der Waals surface area contributed by atoms with Crippen molar-refractivity contribution in [2.45, 2.75) is 31.9 Å². The number of rotatable bonds is 4. The minimum Gasteiger partial charge on any atom is -0.460 e. The van der Waals surface area contributed by atoms with Gasteiger partial charge in [0.1, 0.15) is 12.6 Å². The Morgan fingerprint density at radius 1 is 1.38 bits per heavy atom. The van der Waals surface area contributed by atoms with Crippen molar-refractivity contribution in [1.29, 1.82) is 0 Å². The minimum atomic E-state index is -0.683. The number of hydrogen-bond donors (Lipinski definition) is 0. The largest absolute Gasteiger partial charge is 0.460 e. The SMILES string of the molecule is [NH]C(C(=O)OCc1ccccc1)C1CCC1. The molecule has 1 fully saturated rings. The molecule has 85 valence electrons. The topological polar surface area (TPSA) is 50.1 Å². The summed E-state index contributed by atoms with van der Waals surface area (Å²) < 4.78 is 5.12. The second-order valence-electron chi connectivity index (χ2n) is 4.26. The molecular weight excluding hydrogens is 202 g/mol. The first-order valence-corrected chi connectivity index (χ1v) is 5.69. The van der Waals surface area contributed by atoms with E-state index < -0.39 is 6.04 Å². The van der Waals surface area contributed by atoms with Gasteiger partial charge in [-0.2, -0.15) is 0 Å². The highest BCUT2D eigenvalue weighted by atomic mass is 16.5. The molecule has 1 radical (unpaired) electrons. The van der Waals surface area contributed by atoms with Crippen LogP contribution in [0.3, 0.4) is 0 Å². The first kappa shape index (κ1) is 11.1. The predicted molar refractivity (Wildman–Crippen MR) is 60.5 cm³/mol. The molecule has 3 heteroatoms. The van der Waals surface area contributed by atoms with E-state index in [4.69, 9.17) is 10.5 Å². The molecule has 0 heterocycles. The summed E-state index contributed by atoms with van der Waals surface area (Å²) in [6.45, 7) is 0.280. The van der Waals surface area contributed by atoms with Crippen LogP contribution in [0.25, 0.3) is 0 Å². The highest BCUT2D eigenvalue weighted by Gasteiger charge is 2.31. The summed E-state index contributed by atoms with van der Waals surface area (Å²) in [6.07, 6.45) is 3.13. The second kappa shape index (κ2) is 5.12. The van der Waals surface area contributed by atoms with Crippen LogP contribution in [0.1, 0.15) is 24.8 Å². The molecule has 16 heavy (non-hydrogen) atoms. The molecule has 1 atom stereocenters. The van der Waals surface area contributed by atoms with Crippen molar-refractivity contribution in [3.63, 3.8) is 0 Å². The Morgan fingerprint density at radius 2 is 2.06 bits per heavy atom. The second-order valence-corrected chi connectivity index (χ2v) is 4.26. The van der Waals surface area contributed by atoms with Gasteiger partial charge in [0.25, 0.3) is 0 Å². The number of hydrogen-bond acceptors (Lipinski definition) is 2. The van der Waals surface area contributed by atoms with Crippen molar-refractivity contribution in [3.8, 4) is 0 Å². The average molecular weight is 218 g/mol. The number of ether oxygens (including phenoxy) is 1. The maximum Gasteiger partial charge on any atom is 0.325 e. The molecule has 1 aliphatic rings. The lowest BCUT2D eigenvalue weighted by molar-refractivity contribution is -0.149. The highest BCUT2D eigenvalue weighted by molar-refractivity contribution is 5.75. The standard InChI is InChI=1S/C13H16NO2/c14-12(11-7-4-8-11)13(15)16-9-10-5-2-1-3-6-10/h1-3,5-6,11-12,14H,4,7-9H2. The van der Waals surface area contributed by atoms with Crippen LogP contribution >= 0.6 is 0 Å². The zero-order valence-corrected chi connectivity index (χ0v) is 9.19. The van der Waals surface area contributed by atoms with Crippen LogP contribution in [0.15, 0.2) is 30.3 Å². The van der Waals surface area contributed by atoms with Gasteiger partial charge < -0.3 is 4.74 Å². The van der Waals surface area contributed by atoms with E-state index in [9.17, 15) is 4.79 Å². The Hall–Kier alpha value is -1.35. The zero-order chi connectivity index (χ0) is 11.4. The molecule has 1 unspecified atom stereocenters. The van der Waals surface area contributed by atoms with Crippen molar-refractivity contribution in [2.24, 2.45) is 5.92 Å². The molecule has 0 amide bonds. The van der Waals surface area contributed by atoms with Gasteiger partial charge in [-0.25, -0.2) is 5.73 Å². The van der Waals surface area contributed by atoms with E-state index in [0.29, 0.717) is 0 Å². The number of carbonyl (C=O) groups excluding carboxylic acids is 1. The van der Waals surface area contributed by atoms with Gasteiger partial charge in [-0.3, -0.25) is 4.79 Å². The predicted octanol–water partition coefficient (Wildman–Crippen LogP) is 2.18. The molecule has 1 aromatic carbocycles. The van der Waals surface area contributed by atoms with Gasteiger partial charge in [-0.05, 0) is 24.3 Å². The van der Waals surface area contributed by atoms with Crippen LogP contribution in [0.5, 0.6) is 0 Å². The normalized spacial score (nSPS) is 17.6. The lowest BCUT2D eigenvalue weighted by Crippen LogP contribution is -2.36. The summed E-state index contributed by atoms with van der Waals surface area (Å²) in [6, 6.07) is 8.89. The smallest absolute Gasteiger partial charge is 0.325 e. The van der Waals surface area contributed by atoms with Crippen LogP contribution in [0.4, 0.5) is 0 Å². The number of nitrogens with one attached hydrogen (secondary N) is 1. The van der Waals surface area contributed by atoms with E-state index >= 15 is 0 Å². The van der Waals surface area contributed by atoms with E-state index in [1.807, 2.05) is 30.3 Å². The van der Waals surface area contributed by atoms with Crippen molar-refractivity contribution >= 4 is 5.97 Å². The summed E-state index contributed by atoms with van der Waals surface area (Å²) in [5.41, 5.74) is 8.70. The first-order valence-electron chi connectivity index (χ1n) is 5.69. The fourth-order valence-electron chi connectivity index (χ4n) is 1.78. The van der Waals surface area contributed by atoms with Crippen LogP contribution in [0.2, 0.25) is 0 Å². The molecular formula is C13H16NO2. The molecule has 0 aliphatic heterocycles. The molecule has 2 rings (SSSR count). The maximum atomic E-state index is 11.5. The molecule has 0 spiro atoms. The van der Waals surface area contributed by atoms with Crippen molar-refractivity contribution in [1.82, 2.24) is 5.73 Å².